The SMILES string of the molecule is CC[C@@H](/C=C/C(=O)N1CCc2ccccc21)NC(=O)[C@@H]1CC(F)CN1. The standard InChI is InChI=1S/C19H24FN3O2/c1-2-15(22-19(25)16-11-14(20)12-21-16)7-8-18(24)23-10-9-13-5-3-4-6-17(13)23/h3-8,14-16,21H,2,9-12H2,1H3,(H,22,25)/b8-7+/t14?,15-,16-/m0/s1. The van der Waals surface area contributed by atoms with Gasteiger partial charge in [-0.2, -0.15) is 0 Å². The van der Waals surface area contributed by atoms with Crippen LogP contribution in [0.1, 0.15) is 25.3 Å². The predicted molar refractivity (Wildman–Crippen MR) is 95.2 cm³/mol. The van der Waals surface area contributed by atoms with Crippen LogP contribution in [-0.4, -0.2) is 43.2 Å². The van der Waals surface area contributed by atoms with Crippen LogP contribution < -0.4 is 15.5 Å². The zero-order valence-corrected chi connectivity index (χ0v) is 14.4. The summed E-state index contributed by atoms with van der Waals surface area (Å²) < 4.78 is 13.2. The van der Waals surface area contributed by atoms with E-state index in [1.807, 2.05) is 31.2 Å². The summed E-state index contributed by atoms with van der Waals surface area (Å²) in [6.45, 7) is 2.83. The number of rotatable bonds is 5. The number of benzene rings is 1. The largest absolute Gasteiger partial charge is 0.349 e. The number of amides is 2. The number of fused-ring (bicyclic) bond motifs is 1. The molecule has 2 amide bonds. The Balaban J connectivity index is 1.58. The van der Waals surface area contributed by atoms with Crippen LogP contribution in [-0.2, 0) is 16.0 Å². The molecular weight excluding hydrogens is 321 g/mol. The molecule has 1 aromatic carbocycles. The molecule has 0 saturated carbocycles. The van der Waals surface area contributed by atoms with Crippen LogP contribution in [0.2, 0.25) is 0 Å². The molecule has 25 heavy (non-hydrogen) atoms. The van der Waals surface area contributed by atoms with Crippen molar-refractivity contribution in [3.05, 3.63) is 42.0 Å². The van der Waals surface area contributed by atoms with E-state index in [0.29, 0.717) is 13.0 Å². The number of halogens is 1. The van der Waals surface area contributed by atoms with E-state index in [4.69, 9.17) is 0 Å². The number of para-hydroxylation sites is 1. The van der Waals surface area contributed by atoms with Crippen LogP contribution in [0.3, 0.4) is 0 Å². The van der Waals surface area contributed by atoms with Gasteiger partial charge in [0.05, 0.1) is 6.04 Å². The molecule has 0 aliphatic carbocycles. The van der Waals surface area contributed by atoms with Gasteiger partial charge >= 0.3 is 0 Å². The van der Waals surface area contributed by atoms with Crippen molar-refractivity contribution >= 4 is 17.5 Å². The number of nitrogens with one attached hydrogen (secondary N) is 2. The summed E-state index contributed by atoms with van der Waals surface area (Å²) in [5.74, 6) is -0.295. The first-order valence-electron chi connectivity index (χ1n) is 8.84. The predicted octanol–water partition coefficient (Wildman–Crippen LogP) is 1.73. The van der Waals surface area contributed by atoms with Crippen molar-refractivity contribution in [2.45, 2.75) is 44.4 Å². The van der Waals surface area contributed by atoms with Gasteiger partial charge in [-0.25, -0.2) is 4.39 Å². The van der Waals surface area contributed by atoms with E-state index in [2.05, 4.69) is 10.6 Å². The molecule has 3 atom stereocenters. The zero-order chi connectivity index (χ0) is 17.8. The Morgan fingerprint density at radius 1 is 1.44 bits per heavy atom. The van der Waals surface area contributed by atoms with Crippen LogP contribution in [0.4, 0.5) is 10.1 Å². The summed E-state index contributed by atoms with van der Waals surface area (Å²) in [5, 5.41) is 5.74. The van der Waals surface area contributed by atoms with E-state index >= 15 is 0 Å². The minimum atomic E-state index is -0.969. The monoisotopic (exact) mass is 345 g/mol. The van der Waals surface area contributed by atoms with Gasteiger partial charge in [-0.3, -0.25) is 9.59 Å². The Bertz CT molecular complexity index is 676. The fraction of sp³-hybridized carbons (Fsp3) is 0.474. The molecule has 1 aromatic rings. The molecule has 0 aromatic heterocycles. The van der Waals surface area contributed by atoms with Gasteiger partial charge in [0.15, 0.2) is 0 Å². The second-order valence-corrected chi connectivity index (χ2v) is 6.54. The summed E-state index contributed by atoms with van der Waals surface area (Å²) in [5.41, 5.74) is 2.14. The van der Waals surface area contributed by atoms with E-state index in [9.17, 15) is 14.0 Å². The first-order chi connectivity index (χ1) is 12.1. The van der Waals surface area contributed by atoms with E-state index < -0.39 is 12.2 Å². The molecule has 1 unspecified atom stereocenters. The molecule has 6 heteroatoms. The highest BCUT2D eigenvalue weighted by Gasteiger charge is 2.30. The lowest BCUT2D eigenvalue weighted by Gasteiger charge is -2.18. The molecule has 5 nitrogen and oxygen atoms in total. The van der Waals surface area contributed by atoms with E-state index in [1.165, 1.54) is 11.6 Å². The Morgan fingerprint density at radius 3 is 2.96 bits per heavy atom. The minimum Gasteiger partial charge on any atom is -0.349 e. The van der Waals surface area contributed by atoms with Gasteiger partial charge in [-0.15, -0.1) is 0 Å². The highest BCUT2D eigenvalue weighted by Crippen LogP contribution is 2.27. The maximum atomic E-state index is 13.2. The minimum absolute atomic E-state index is 0.0829. The van der Waals surface area contributed by atoms with Crippen LogP contribution in [0.15, 0.2) is 36.4 Å². The lowest BCUT2D eigenvalue weighted by molar-refractivity contribution is -0.123. The van der Waals surface area contributed by atoms with Crippen molar-refractivity contribution in [2.75, 3.05) is 18.0 Å². The third kappa shape index (κ3) is 4.07. The maximum Gasteiger partial charge on any atom is 0.250 e. The molecule has 2 heterocycles. The molecule has 2 N–H and O–H groups in total. The van der Waals surface area contributed by atoms with Gasteiger partial charge < -0.3 is 15.5 Å². The summed E-state index contributed by atoms with van der Waals surface area (Å²) in [7, 11) is 0. The average Bonchev–Trinajstić information content (AvgIpc) is 3.24. The second kappa shape index (κ2) is 7.78. The van der Waals surface area contributed by atoms with Crippen LogP contribution >= 0.6 is 0 Å². The van der Waals surface area contributed by atoms with Gasteiger partial charge in [-0.05, 0) is 24.5 Å². The number of anilines is 1. The maximum absolute atomic E-state index is 13.2. The van der Waals surface area contributed by atoms with Crippen molar-refractivity contribution in [3.8, 4) is 0 Å². The highest BCUT2D eigenvalue weighted by atomic mass is 19.1. The van der Waals surface area contributed by atoms with Crippen molar-refractivity contribution in [2.24, 2.45) is 0 Å². The molecule has 0 spiro atoms. The van der Waals surface area contributed by atoms with Gasteiger partial charge in [0, 0.05) is 37.3 Å². The van der Waals surface area contributed by atoms with Crippen molar-refractivity contribution in [3.63, 3.8) is 0 Å². The van der Waals surface area contributed by atoms with Crippen molar-refractivity contribution < 1.29 is 14.0 Å². The molecule has 3 rings (SSSR count). The Morgan fingerprint density at radius 2 is 2.24 bits per heavy atom. The number of hydrogen-bond acceptors (Lipinski definition) is 3. The fourth-order valence-corrected chi connectivity index (χ4v) is 3.32. The van der Waals surface area contributed by atoms with Gasteiger partial charge in [0.2, 0.25) is 5.91 Å². The Hall–Kier alpha value is -2.21. The van der Waals surface area contributed by atoms with Gasteiger partial charge in [-0.1, -0.05) is 31.2 Å². The quantitative estimate of drug-likeness (QED) is 0.799. The molecule has 1 fully saturated rings. The van der Waals surface area contributed by atoms with Crippen LogP contribution in [0.25, 0.3) is 0 Å². The smallest absolute Gasteiger partial charge is 0.250 e. The lowest BCUT2D eigenvalue weighted by atomic mass is 10.1. The van der Waals surface area contributed by atoms with Gasteiger partial charge in [0.25, 0.3) is 5.91 Å². The topological polar surface area (TPSA) is 61.4 Å². The fourth-order valence-electron chi connectivity index (χ4n) is 3.32. The summed E-state index contributed by atoms with van der Waals surface area (Å²) in [6.07, 6.45) is 4.01. The lowest BCUT2D eigenvalue weighted by Crippen LogP contribution is -2.44. The molecule has 0 radical (unpaired) electrons. The molecule has 2 aliphatic rings. The number of hydrogen-bond donors (Lipinski definition) is 2. The first kappa shape index (κ1) is 17.6. The summed E-state index contributed by atoms with van der Waals surface area (Å²) in [6, 6.07) is 7.16. The number of nitrogens with zero attached hydrogens (tertiary/aromatic N) is 1. The normalized spacial score (nSPS) is 23.7. The van der Waals surface area contributed by atoms with E-state index in [-0.39, 0.29) is 30.8 Å². The van der Waals surface area contributed by atoms with E-state index in [0.717, 1.165) is 12.1 Å². The highest BCUT2D eigenvalue weighted by molar-refractivity contribution is 6.03. The average molecular weight is 345 g/mol. The van der Waals surface area contributed by atoms with Crippen LogP contribution in [0, 0.1) is 0 Å². The van der Waals surface area contributed by atoms with E-state index in [1.54, 1.807) is 11.0 Å². The number of carbonyl (C=O) groups excluding carboxylic acids is 2. The molecule has 2 aliphatic heterocycles. The number of alkyl halides is 1. The molecule has 134 valence electrons. The number of carbonyl (C=O) groups is 2. The van der Waals surface area contributed by atoms with Crippen molar-refractivity contribution in [1.29, 1.82) is 0 Å². The molecule has 0 bridgehead atoms. The zero-order valence-electron chi connectivity index (χ0n) is 14.4. The second-order valence-electron chi connectivity index (χ2n) is 6.54. The van der Waals surface area contributed by atoms with Gasteiger partial charge in [0.1, 0.15) is 6.17 Å². The first-order valence-corrected chi connectivity index (χ1v) is 8.84. The molecular formula is C19H24FN3O2. The molecule has 1 saturated heterocycles. The Labute approximate surface area is 147 Å². The van der Waals surface area contributed by atoms with Crippen LogP contribution in [0.5, 0.6) is 0 Å². The Kier molecular flexibility index (Phi) is 5.48. The summed E-state index contributed by atoms with van der Waals surface area (Å²) in [4.78, 5) is 26.4. The van der Waals surface area contributed by atoms with Crippen molar-refractivity contribution in [1.82, 2.24) is 10.6 Å². The third-order valence-electron chi connectivity index (χ3n) is 4.79. The summed E-state index contributed by atoms with van der Waals surface area (Å²) >= 11 is 0. The third-order valence-corrected chi connectivity index (χ3v) is 4.79.